The number of aromatic nitrogens is 1. The Morgan fingerprint density at radius 1 is 1.09 bits per heavy atom. The second-order valence-corrected chi connectivity index (χ2v) is 8.49. The van der Waals surface area contributed by atoms with Crippen molar-refractivity contribution in [1.29, 1.82) is 0 Å². The van der Waals surface area contributed by atoms with Crippen LogP contribution in [-0.2, 0) is 4.79 Å². The van der Waals surface area contributed by atoms with E-state index >= 15 is 0 Å². The highest BCUT2D eigenvalue weighted by Gasteiger charge is 2.23. The van der Waals surface area contributed by atoms with Crippen LogP contribution in [-0.4, -0.2) is 45.4 Å². The van der Waals surface area contributed by atoms with Crippen LogP contribution in [0.2, 0.25) is 0 Å². The van der Waals surface area contributed by atoms with Crippen molar-refractivity contribution in [3.63, 3.8) is 0 Å². The predicted octanol–water partition coefficient (Wildman–Crippen LogP) is 2.92. The molecular formula is C23H26N6O5S. The van der Waals surface area contributed by atoms with Gasteiger partial charge in [0.05, 0.1) is 11.3 Å². The Morgan fingerprint density at radius 2 is 1.80 bits per heavy atom. The molecule has 0 aliphatic carbocycles. The number of nitrogens with zero attached hydrogens (tertiary/aromatic N) is 1. The Labute approximate surface area is 205 Å². The minimum Gasteiger partial charge on any atom is -0.481 e. The Kier molecular flexibility index (Phi) is 8.23. The Bertz CT molecular complexity index is 1240. The molecule has 0 aliphatic rings. The fraction of sp³-hybridized carbons (Fsp3) is 0.217. The quantitative estimate of drug-likeness (QED) is 0.208. The number of anilines is 3. The van der Waals surface area contributed by atoms with E-state index in [2.05, 4.69) is 25.6 Å². The molecule has 11 nitrogen and oxygen atoms in total. The lowest BCUT2D eigenvalue weighted by Crippen LogP contribution is -2.31. The SMILES string of the molecule is Cc1cccc(NC(O)Nc2ccc(-c3snc(NC(=O)NCCC(=O)O)c3C(N)=O)c(C)c2)c1. The van der Waals surface area contributed by atoms with Crippen molar-refractivity contribution in [2.45, 2.75) is 26.6 Å². The number of nitrogens with two attached hydrogens (primary N) is 1. The number of amides is 3. The summed E-state index contributed by atoms with van der Waals surface area (Å²) in [6.45, 7) is 3.71. The molecule has 3 amide bonds. The molecule has 1 aromatic heterocycles. The lowest BCUT2D eigenvalue weighted by molar-refractivity contribution is -0.136. The molecule has 1 heterocycles. The molecule has 0 saturated carbocycles. The maximum atomic E-state index is 12.2. The number of nitrogens with one attached hydrogen (secondary N) is 4. The Morgan fingerprint density at radius 3 is 2.43 bits per heavy atom. The van der Waals surface area contributed by atoms with Crippen LogP contribution in [0, 0.1) is 13.8 Å². The van der Waals surface area contributed by atoms with Crippen LogP contribution in [0.1, 0.15) is 27.9 Å². The number of aryl methyl sites for hydroxylation is 2. The molecule has 3 rings (SSSR count). The predicted molar refractivity (Wildman–Crippen MR) is 135 cm³/mol. The van der Waals surface area contributed by atoms with Crippen molar-refractivity contribution in [2.24, 2.45) is 5.73 Å². The molecule has 0 spiro atoms. The summed E-state index contributed by atoms with van der Waals surface area (Å²) in [5.41, 5.74) is 9.54. The zero-order chi connectivity index (χ0) is 25.5. The van der Waals surface area contributed by atoms with Gasteiger partial charge in [-0.15, -0.1) is 0 Å². The molecular weight excluding hydrogens is 472 g/mol. The van der Waals surface area contributed by atoms with E-state index in [1.54, 1.807) is 18.2 Å². The summed E-state index contributed by atoms with van der Waals surface area (Å²) in [5, 5.41) is 29.8. The monoisotopic (exact) mass is 498 g/mol. The first-order chi connectivity index (χ1) is 16.6. The minimum absolute atomic E-state index is 0.00953. The van der Waals surface area contributed by atoms with E-state index in [0.717, 1.165) is 28.3 Å². The Balaban J connectivity index is 1.74. The molecule has 35 heavy (non-hydrogen) atoms. The van der Waals surface area contributed by atoms with E-state index in [9.17, 15) is 19.5 Å². The van der Waals surface area contributed by atoms with Crippen LogP contribution >= 0.6 is 11.5 Å². The van der Waals surface area contributed by atoms with Crippen molar-refractivity contribution in [3.05, 3.63) is 59.2 Å². The first-order valence-corrected chi connectivity index (χ1v) is 11.4. The van der Waals surface area contributed by atoms with Crippen LogP contribution in [0.3, 0.4) is 0 Å². The molecule has 0 radical (unpaired) electrons. The standard InChI is InChI=1S/C23H26N6O5S/c1-12-4-3-5-14(10-12)26-23(34)27-15-6-7-16(13(2)11-15)19-18(20(24)32)21(29-35-19)28-22(33)25-9-8-17(30)31/h3-7,10-11,23,26-27,34H,8-9H2,1-2H3,(H2,24,32)(H,30,31)(H2,25,28,29,33). The number of carbonyl (C=O) groups is 3. The summed E-state index contributed by atoms with van der Waals surface area (Å²) in [4.78, 5) is 35.3. The normalized spacial score (nSPS) is 11.4. The molecule has 184 valence electrons. The highest BCUT2D eigenvalue weighted by molar-refractivity contribution is 7.10. The molecule has 3 aromatic rings. The highest BCUT2D eigenvalue weighted by Crippen LogP contribution is 2.36. The van der Waals surface area contributed by atoms with Gasteiger partial charge in [-0.05, 0) is 66.3 Å². The third-order valence-corrected chi connectivity index (χ3v) is 5.77. The van der Waals surface area contributed by atoms with Gasteiger partial charge >= 0.3 is 12.0 Å². The molecule has 1 atom stereocenters. The number of carboxylic acid groups (broad SMARTS) is 1. The molecule has 1 unspecified atom stereocenters. The van der Waals surface area contributed by atoms with Gasteiger partial charge in [0, 0.05) is 17.9 Å². The fourth-order valence-corrected chi connectivity index (χ4v) is 4.25. The van der Waals surface area contributed by atoms with Crippen LogP contribution in [0.4, 0.5) is 22.0 Å². The second-order valence-electron chi connectivity index (χ2n) is 7.71. The molecule has 0 bridgehead atoms. The van der Waals surface area contributed by atoms with Crippen molar-refractivity contribution < 1.29 is 24.6 Å². The summed E-state index contributed by atoms with van der Waals surface area (Å²) in [6, 6.07) is 12.2. The number of benzene rings is 2. The summed E-state index contributed by atoms with van der Waals surface area (Å²) >= 11 is 0.996. The first kappa shape index (κ1) is 25.5. The van der Waals surface area contributed by atoms with Gasteiger partial charge in [0.25, 0.3) is 5.91 Å². The maximum absolute atomic E-state index is 12.2. The van der Waals surface area contributed by atoms with Gasteiger partial charge < -0.3 is 31.9 Å². The summed E-state index contributed by atoms with van der Waals surface area (Å²) in [7, 11) is 0. The van der Waals surface area contributed by atoms with Crippen molar-refractivity contribution in [1.82, 2.24) is 9.69 Å². The van der Waals surface area contributed by atoms with Crippen molar-refractivity contribution in [2.75, 3.05) is 22.5 Å². The van der Waals surface area contributed by atoms with E-state index in [-0.39, 0.29) is 24.3 Å². The number of hydrogen-bond donors (Lipinski definition) is 7. The van der Waals surface area contributed by atoms with E-state index in [1.807, 2.05) is 38.1 Å². The highest BCUT2D eigenvalue weighted by atomic mass is 32.1. The van der Waals surface area contributed by atoms with Gasteiger partial charge in [-0.2, -0.15) is 4.37 Å². The van der Waals surface area contributed by atoms with Gasteiger partial charge in [-0.3, -0.25) is 14.9 Å². The van der Waals surface area contributed by atoms with Crippen LogP contribution in [0.25, 0.3) is 10.4 Å². The fourth-order valence-electron chi connectivity index (χ4n) is 3.32. The van der Waals surface area contributed by atoms with Crippen LogP contribution in [0.15, 0.2) is 42.5 Å². The van der Waals surface area contributed by atoms with Gasteiger partial charge in [0.15, 0.2) is 5.82 Å². The minimum atomic E-state index is -1.05. The largest absolute Gasteiger partial charge is 0.481 e. The molecule has 8 N–H and O–H groups in total. The number of aliphatic carboxylic acids is 1. The first-order valence-electron chi connectivity index (χ1n) is 10.6. The van der Waals surface area contributed by atoms with Gasteiger partial charge in [-0.1, -0.05) is 18.2 Å². The molecule has 0 fully saturated rings. The average Bonchev–Trinajstić information content (AvgIpc) is 3.16. The van der Waals surface area contributed by atoms with Gasteiger partial charge in [-0.25, -0.2) is 4.79 Å². The zero-order valence-electron chi connectivity index (χ0n) is 19.1. The van der Waals surface area contributed by atoms with Gasteiger partial charge in [0.2, 0.25) is 6.35 Å². The summed E-state index contributed by atoms with van der Waals surface area (Å²) < 4.78 is 4.15. The number of rotatable bonds is 10. The molecule has 12 heteroatoms. The van der Waals surface area contributed by atoms with E-state index in [0.29, 0.717) is 16.1 Å². The number of primary amides is 1. The summed E-state index contributed by atoms with van der Waals surface area (Å²) in [6.07, 6.45) is -1.28. The number of carboxylic acids is 1. The van der Waals surface area contributed by atoms with Crippen molar-refractivity contribution in [3.8, 4) is 10.4 Å². The Hall–Kier alpha value is -4.16. The average molecular weight is 499 g/mol. The lowest BCUT2D eigenvalue weighted by Gasteiger charge is -2.18. The molecule has 0 saturated heterocycles. The number of aliphatic hydroxyl groups is 1. The lowest BCUT2D eigenvalue weighted by atomic mass is 10.0. The number of carbonyl (C=O) groups excluding carboxylic acids is 2. The van der Waals surface area contributed by atoms with Crippen LogP contribution < -0.4 is 27.0 Å². The molecule has 2 aromatic carbocycles. The second kappa shape index (κ2) is 11.3. The van der Waals surface area contributed by atoms with Crippen LogP contribution in [0.5, 0.6) is 0 Å². The van der Waals surface area contributed by atoms with E-state index < -0.39 is 24.3 Å². The third-order valence-electron chi connectivity index (χ3n) is 4.89. The van der Waals surface area contributed by atoms with Crippen molar-refractivity contribution >= 4 is 46.6 Å². The maximum Gasteiger partial charge on any atom is 0.320 e. The van der Waals surface area contributed by atoms with E-state index in [4.69, 9.17) is 10.8 Å². The zero-order valence-corrected chi connectivity index (χ0v) is 19.9. The summed E-state index contributed by atoms with van der Waals surface area (Å²) in [5.74, 6) is -1.83. The number of urea groups is 1. The smallest absolute Gasteiger partial charge is 0.320 e. The third kappa shape index (κ3) is 6.91. The number of aliphatic hydroxyl groups excluding tert-OH is 1. The number of hydrogen-bond acceptors (Lipinski definition) is 8. The van der Waals surface area contributed by atoms with Gasteiger partial charge in [0.1, 0.15) is 5.56 Å². The topological polar surface area (TPSA) is 179 Å². The molecule has 0 aliphatic heterocycles. The van der Waals surface area contributed by atoms with E-state index in [1.165, 1.54) is 0 Å².